The third-order valence-corrected chi connectivity index (χ3v) is 4.37. The van der Waals surface area contributed by atoms with Crippen molar-refractivity contribution >= 4 is 39.3 Å². The van der Waals surface area contributed by atoms with Crippen molar-refractivity contribution in [1.82, 2.24) is 19.3 Å². The number of amides is 1. The van der Waals surface area contributed by atoms with Gasteiger partial charge in [0.25, 0.3) is 0 Å². The summed E-state index contributed by atoms with van der Waals surface area (Å²) in [6.07, 6.45) is 1.16. The Morgan fingerprint density at radius 1 is 1.19 bits per heavy atom. The van der Waals surface area contributed by atoms with Crippen LogP contribution in [0.5, 0.6) is 0 Å². The number of nitrogens with one attached hydrogen (secondary N) is 1. The first kappa shape index (κ1) is 16.7. The standard InChI is InChI=1S/C18H16N6O3/c1-2-23-15-6-4-3-5-13(15)14-9-12(7-8-16(14)23)20-17(25)10-22-11-19-18(21-22)24(26)27/h3-9,11H,2,10H2,1H3,(H,20,25). The van der Waals surface area contributed by atoms with Crippen molar-refractivity contribution in [3.8, 4) is 0 Å². The zero-order chi connectivity index (χ0) is 19.0. The Hall–Kier alpha value is -3.75. The molecule has 0 spiro atoms. The van der Waals surface area contributed by atoms with Crippen LogP contribution in [0.4, 0.5) is 11.6 Å². The molecule has 0 saturated carbocycles. The quantitative estimate of drug-likeness (QED) is 0.433. The number of benzene rings is 2. The summed E-state index contributed by atoms with van der Waals surface area (Å²) in [5, 5.41) is 19.2. The number of aryl methyl sites for hydroxylation is 1. The predicted octanol–water partition coefficient (Wildman–Crippen LogP) is 2.95. The largest absolute Gasteiger partial charge is 0.490 e. The van der Waals surface area contributed by atoms with Crippen LogP contribution in [-0.2, 0) is 17.9 Å². The number of carbonyl (C=O) groups excluding carboxylic acids is 1. The van der Waals surface area contributed by atoms with Gasteiger partial charge >= 0.3 is 5.95 Å². The van der Waals surface area contributed by atoms with Gasteiger partial charge in [0.2, 0.25) is 12.2 Å². The van der Waals surface area contributed by atoms with Gasteiger partial charge in [0.05, 0.1) is 0 Å². The topological polar surface area (TPSA) is 108 Å². The van der Waals surface area contributed by atoms with E-state index in [9.17, 15) is 14.9 Å². The molecule has 9 heteroatoms. The molecule has 27 heavy (non-hydrogen) atoms. The number of nitro groups is 1. The third-order valence-electron chi connectivity index (χ3n) is 4.37. The molecule has 2 aromatic carbocycles. The number of hydrogen-bond donors (Lipinski definition) is 1. The van der Waals surface area contributed by atoms with E-state index in [4.69, 9.17) is 0 Å². The molecule has 0 fully saturated rings. The number of aromatic nitrogens is 4. The number of anilines is 1. The highest BCUT2D eigenvalue weighted by Gasteiger charge is 2.16. The van der Waals surface area contributed by atoms with E-state index in [0.717, 1.165) is 39.4 Å². The summed E-state index contributed by atoms with van der Waals surface area (Å²) in [6, 6.07) is 13.9. The average Bonchev–Trinajstić information content (AvgIpc) is 3.24. The van der Waals surface area contributed by atoms with Crippen molar-refractivity contribution in [2.24, 2.45) is 0 Å². The Morgan fingerprint density at radius 3 is 2.70 bits per heavy atom. The van der Waals surface area contributed by atoms with Crippen LogP contribution in [0, 0.1) is 10.1 Å². The SMILES string of the molecule is CCn1c2ccccc2c2cc(NC(=O)Cn3cnc([N+](=O)[O-])n3)ccc21. The van der Waals surface area contributed by atoms with E-state index in [1.807, 2.05) is 30.3 Å². The van der Waals surface area contributed by atoms with Gasteiger partial charge in [0.1, 0.15) is 6.54 Å². The first-order valence-corrected chi connectivity index (χ1v) is 8.41. The summed E-state index contributed by atoms with van der Waals surface area (Å²) >= 11 is 0. The molecule has 0 radical (unpaired) electrons. The minimum absolute atomic E-state index is 0.157. The molecular formula is C18H16N6O3. The Bertz CT molecular complexity index is 1180. The van der Waals surface area contributed by atoms with Crippen molar-refractivity contribution in [1.29, 1.82) is 0 Å². The first-order valence-electron chi connectivity index (χ1n) is 8.41. The fourth-order valence-corrected chi connectivity index (χ4v) is 3.26. The third kappa shape index (κ3) is 2.99. The summed E-state index contributed by atoms with van der Waals surface area (Å²) in [5.41, 5.74) is 2.90. The van der Waals surface area contributed by atoms with E-state index in [1.165, 1.54) is 0 Å². The highest BCUT2D eigenvalue weighted by molar-refractivity contribution is 6.09. The molecule has 0 aliphatic carbocycles. The van der Waals surface area contributed by atoms with E-state index in [-0.39, 0.29) is 12.5 Å². The molecule has 4 rings (SSSR count). The van der Waals surface area contributed by atoms with Crippen LogP contribution in [0.3, 0.4) is 0 Å². The lowest BCUT2D eigenvalue weighted by atomic mass is 10.1. The highest BCUT2D eigenvalue weighted by Crippen LogP contribution is 2.30. The van der Waals surface area contributed by atoms with Crippen molar-refractivity contribution in [3.05, 3.63) is 58.9 Å². The van der Waals surface area contributed by atoms with E-state index in [2.05, 4.69) is 39.0 Å². The van der Waals surface area contributed by atoms with Gasteiger partial charge in [0.15, 0.2) is 0 Å². The molecular weight excluding hydrogens is 348 g/mol. The van der Waals surface area contributed by atoms with Crippen LogP contribution in [0.2, 0.25) is 0 Å². The molecule has 0 saturated heterocycles. The average molecular weight is 364 g/mol. The van der Waals surface area contributed by atoms with Gasteiger partial charge in [-0.3, -0.25) is 4.79 Å². The molecule has 0 bridgehead atoms. The van der Waals surface area contributed by atoms with E-state index in [0.29, 0.717) is 5.69 Å². The molecule has 9 nitrogen and oxygen atoms in total. The van der Waals surface area contributed by atoms with Gasteiger partial charge in [-0.05, 0) is 36.1 Å². The molecule has 0 aliphatic rings. The number of rotatable bonds is 5. The van der Waals surface area contributed by atoms with E-state index >= 15 is 0 Å². The van der Waals surface area contributed by atoms with Crippen LogP contribution in [0.1, 0.15) is 6.92 Å². The second-order valence-electron chi connectivity index (χ2n) is 6.04. The first-order chi connectivity index (χ1) is 13.1. The summed E-state index contributed by atoms with van der Waals surface area (Å²) in [7, 11) is 0. The molecule has 1 amide bonds. The Labute approximate surface area is 153 Å². The minimum Gasteiger partial charge on any atom is -0.390 e. The van der Waals surface area contributed by atoms with Crippen molar-refractivity contribution in [3.63, 3.8) is 0 Å². The van der Waals surface area contributed by atoms with Gasteiger partial charge < -0.3 is 20.0 Å². The molecule has 2 aromatic heterocycles. The van der Waals surface area contributed by atoms with E-state index < -0.39 is 10.9 Å². The second-order valence-corrected chi connectivity index (χ2v) is 6.04. The van der Waals surface area contributed by atoms with Crippen LogP contribution in [0.25, 0.3) is 21.8 Å². The summed E-state index contributed by atoms with van der Waals surface area (Å²) in [4.78, 5) is 25.7. The molecule has 1 N–H and O–H groups in total. The van der Waals surface area contributed by atoms with Gasteiger partial charge in [-0.25, -0.2) is 0 Å². The summed E-state index contributed by atoms with van der Waals surface area (Å²) in [6.45, 7) is 2.79. The lowest BCUT2D eigenvalue weighted by molar-refractivity contribution is -0.394. The number of para-hydroxylation sites is 1. The van der Waals surface area contributed by atoms with Crippen molar-refractivity contribution in [2.45, 2.75) is 20.0 Å². The monoisotopic (exact) mass is 364 g/mol. The summed E-state index contributed by atoms with van der Waals surface area (Å²) < 4.78 is 3.36. The zero-order valence-electron chi connectivity index (χ0n) is 14.5. The van der Waals surface area contributed by atoms with Gasteiger partial charge in [0, 0.05) is 39.1 Å². The number of hydrogen-bond acceptors (Lipinski definition) is 5. The van der Waals surface area contributed by atoms with Crippen LogP contribution in [-0.4, -0.2) is 30.2 Å². The zero-order valence-corrected chi connectivity index (χ0v) is 14.5. The normalized spacial score (nSPS) is 11.1. The predicted molar refractivity (Wildman–Crippen MR) is 100 cm³/mol. The van der Waals surface area contributed by atoms with Crippen LogP contribution < -0.4 is 5.32 Å². The van der Waals surface area contributed by atoms with Gasteiger partial charge in [-0.1, -0.05) is 23.2 Å². The van der Waals surface area contributed by atoms with Crippen molar-refractivity contribution < 1.29 is 9.72 Å². The smallest absolute Gasteiger partial charge is 0.390 e. The van der Waals surface area contributed by atoms with Crippen LogP contribution >= 0.6 is 0 Å². The molecule has 0 atom stereocenters. The number of carbonyl (C=O) groups is 1. The Kier molecular flexibility index (Phi) is 4.03. The number of nitrogens with zero attached hydrogens (tertiary/aromatic N) is 5. The molecule has 4 aromatic rings. The minimum atomic E-state index is -0.703. The van der Waals surface area contributed by atoms with E-state index in [1.54, 1.807) is 0 Å². The second kappa shape index (κ2) is 6.52. The number of fused-ring (bicyclic) bond motifs is 3. The van der Waals surface area contributed by atoms with Crippen molar-refractivity contribution in [2.75, 3.05) is 5.32 Å². The maximum Gasteiger partial charge on any atom is 0.490 e. The fraction of sp³-hybridized carbons (Fsp3) is 0.167. The fourth-order valence-electron chi connectivity index (χ4n) is 3.26. The molecule has 0 aliphatic heterocycles. The molecule has 2 heterocycles. The maximum atomic E-state index is 12.2. The lowest BCUT2D eigenvalue weighted by Gasteiger charge is -2.06. The highest BCUT2D eigenvalue weighted by atomic mass is 16.6. The Balaban J connectivity index is 1.61. The Morgan fingerprint density at radius 2 is 1.96 bits per heavy atom. The van der Waals surface area contributed by atoms with Crippen LogP contribution in [0.15, 0.2) is 48.8 Å². The lowest BCUT2D eigenvalue weighted by Crippen LogP contribution is -2.19. The molecule has 136 valence electrons. The van der Waals surface area contributed by atoms with Gasteiger partial charge in [-0.15, -0.1) is 0 Å². The molecule has 0 unspecified atom stereocenters. The maximum absolute atomic E-state index is 12.2. The summed E-state index contributed by atoms with van der Waals surface area (Å²) in [5.74, 6) is -0.870. The van der Waals surface area contributed by atoms with Gasteiger partial charge in [-0.2, -0.15) is 4.68 Å².